The van der Waals surface area contributed by atoms with E-state index in [0.29, 0.717) is 5.02 Å². The Balaban J connectivity index is 2.21. The Kier molecular flexibility index (Phi) is 4.93. The van der Waals surface area contributed by atoms with E-state index in [4.69, 9.17) is 34.8 Å². The molecule has 0 aliphatic carbocycles. The number of benzene rings is 1. The maximum Gasteiger partial charge on any atom is 0.287 e. The van der Waals surface area contributed by atoms with Gasteiger partial charge in [-0.1, -0.05) is 34.8 Å². The summed E-state index contributed by atoms with van der Waals surface area (Å²) in [6.07, 6.45) is 1.19. The van der Waals surface area contributed by atoms with Gasteiger partial charge in [0.15, 0.2) is 9.84 Å². The van der Waals surface area contributed by atoms with Crippen LogP contribution in [0.25, 0.3) is 0 Å². The first-order valence-corrected chi connectivity index (χ1v) is 8.49. The number of hydrogen-bond acceptors (Lipinski definition) is 4. The summed E-state index contributed by atoms with van der Waals surface area (Å²) < 4.78 is 25.2. The molecule has 1 aromatic heterocycles. The highest BCUT2D eigenvalue weighted by atomic mass is 35.5. The van der Waals surface area contributed by atoms with E-state index in [2.05, 4.69) is 5.10 Å². The fourth-order valence-corrected chi connectivity index (χ4v) is 3.17. The minimum atomic E-state index is -3.55. The molecule has 2 rings (SSSR count). The van der Waals surface area contributed by atoms with Crippen LogP contribution in [0.3, 0.4) is 0 Å². The Morgan fingerprint density at radius 1 is 1.10 bits per heavy atom. The van der Waals surface area contributed by atoms with Crippen LogP contribution in [0.15, 0.2) is 40.2 Å². The molecule has 1 aromatic carbocycles. The maximum atomic E-state index is 12.1. The van der Waals surface area contributed by atoms with E-state index in [0.717, 1.165) is 4.68 Å². The summed E-state index contributed by atoms with van der Waals surface area (Å²) >= 11 is 17.1. The highest BCUT2D eigenvalue weighted by Gasteiger charge is 2.16. The third-order valence-corrected chi connectivity index (χ3v) is 5.40. The van der Waals surface area contributed by atoms with E-state index in [1.165, 1.54) is 30.5 Å². The number of halogens is 3. The lowest BCUT2D eigenvalue weighted by Gasteiger charge is -2.07. The second kappa shape index (κ2) is 6.36. The molecule has 0 fully saturated rings. The lowest BCUT2D eigenvalue weighted by molar-refractivity contribution is 0.571. The standard InChI is InChI=1S/C12H9Cl3N2O3S/c13-8-1-3-9(4-2-8)21(19,20)6-5-17-12(18)11(15)10(14)7-16-17/h1-4,7H,5-6H2. The number of sulfone groups is 1. The van der Waals surface area contributed by atoms with Crippen molar-refractivity contribution in [2.75, 3.05) is 5.75 Å². The van der Waals surface area contributed by atoms with Crippen LogP contribution in [0.1, 0.15) is 0 Å². The van der Waals surface area contributed by atoms with Crippen molar-refractivity contribution in [1.82, 2.24) is 9.78 Å². The fraction of sp³-hybridized carbons (Fsp3) is 0.167. The highest BCUT2D eigenvalue weighted by Crippen LogP contribution is 2.16. The lowest BCUT2D eigenvalue weighted by Crippen LogP contribution is -2.26. The SMILES string of the molecule is O=c1c(Cl)c(Cl)cnn1CCS(=O)(=O)c1ccc(Cl)cc1. The molecule has 0 aliphatic heterocycles. The largest absolute Gasteiger partial charge is 0.287 e. The summed E-state index contributed by atoms with van der Waals surface area (Å²) in [5.41, 5.74) is -0.629. The smallest absolute Gasteiger partial charge is 0.266 e. The number of rotatable bonds is 4. The van der Waals surface area contributed by atoms with E-state index in [1.807, 2.05) is 0 Å². The third-order valence-electron chi connectivity index (χ3n) is 2.69. The van der Waals surface area contributed by atoms with E-state index in [1.54, 1.807) is 0 Å². The van der Waals surface area contributed by atoms with Crippen LogP contribution in [-0.2, 0) is 16.4 Å². The molecular formula is C12H9Cl3N2O3S. The summed E-state index contributed by atoms with van der Waals surface area (Å²) in [6.45, 7) is -0.124. The van der Waals surface area contributed by atoms with Gasteiger partial charge in [-0.2, -0.15) is 5.10 Å². The predicted molar refractivity (Wildman–Crippen MR) is 82.0 cm³/mol. The van der Waals surface area contributed by atoms with Gasteiger partial charge >= 0.3 is 0 Å². The number of nitrogens with zero attached hydrogens (tertiary/aromatic N) is 2. The first-order valence-electron chi connectivity index (χ1n) is 5.71. The van der Waals surface area contributed by atoms with Gasteiger partial charge in [0.25, 0.3) is 5.56 Å². The molecule has 0 bridgehead atoms. The summed E-state index contributed by atoms with van der Waals surface area (Å²) in [4.78, 5) is 11.9. The molecule has 1 heterocycles. The van der Waals surface area contributed by atoms with Gasteiger partial charge in [0.2, 0.25) is 0 Å². The van der Waals surface area contributed by atoms with Crippen molar-refractivity contribution >= 4 is 44.6 Å². The van der Waals surface area contributed by atoms with Gasteiger partial charge in [-0.15, -0.1) is 0 Å². The topological polar surface area (TPSA) is 69.0 Å². The van der Waals surface area contributed by atoms with Crippen molar-refractivity contribution in [2.24, 2.45) is 0 Å². The van der Waals surface area contributed by atoms with Crippen molar-refractivity contribution in [3.8, 4) is 0 Å². The van der Waals surface area contributed by atoms with E-state index in [9.17, 15) is 13.2 Å². The zero-order valence-corrected chi connectivity index (χ0v) is 13.5. The maximum absolute atomic E-state index is 12.1. The Bertz CT molecular complexity index is 817. The zero-order chi connectivity index (χ0) is 15.6. The first kappa shape index (κ1) is 16.3. The summed E-state index contributed by atoms with van der Waals surface area (Å²) in [5, 5.41) is 4.03. The zero-order valence-electron chi connectivity index (χ0n) is 10.5. The third kappa shape index (κ3) is 3.77. The van der Waals surface area contributed by atoms with Crippen molar-refractivity contribution in [2.45, 2.75) is 11.4 Å². The molecular weight excluding hydrogens is 359 g/mol. The molecule has 112 valence electrons. The highest BCUT2D eigenvalue weighted by molar-refractivity contribution is 7.91. The van der Waals surface area contributed by atoms with E-state index in [-0.39, 0.29) is 27.2 Å². The molecule has 0 aliphatic rings. The molecule has 0 spiro atoms. The van der Waals surface area contributed by atoms with Crippen LogP contribution in [-0.4, -0.2) is 24.0 Å². The van der Waals surface area contributed by atoms with E-state index < -0.39 is 15.4 Å². The van der Waals surface area contributed by atoms with Crippen molar-refractivity contribution in [1.29, 1.82) is 0 Å². The van der Waals surface area contributed by atoms with Gasteiger partial charge in [0.05, 0.1) is 28.4 Å². The average Bonchev–Trinajstić information content (AvgIpc) is 2.44. The number of aromatic nitrogens is 2. The molecule has 0 saturated carbocycles. The van der Waals surface area contributed by atoms with Crippen LogP contribution < -0.4 is 5.56 Å². The monoisotopic (exact) mass is 366 g/mol. The minimum Gasteiger partial charge on any atom is -0.266 e. The molecule has 21 heavy (non-hydrogen) atoms. The number of aryl methyl sites for hydroxylation is 1. The van der Waals surface area contributed by atoms with E-state index >= 15 is 0 Å². The molecule has 0 amide bonds. The Hall–Kier alpha value is -1.08. The van der Waals surface area contributed by atoms with Crippen molar-refractivity contribution in [3.05, 3.63) is 55.9 Å². The molecule has 9 heteroatoms. The number of hydrogen-bond donors (Lipinski definition) is 0. The quantitative estimate of drug-likeness (QED) is 0.833. The molecule has 2 aromatic rings. The van der Waals surface area contributed by atoms with Gasteiger partial charge < -0.3 is 0 Å². The fourth-order valence-electron chi connectivity index (χ4n) is 1.57. The van der Waals surface area contributed by atoms with Crippen LogP contribution in [0.2, 0.25) is 15.1 Å². The Morgan fingerprint density at radius 3 is 2.33 bits per heavy atom. The normalized spacial score (nSPS) is 11.6. The molecule has 0 unspecified atom stereocenters. The minimum absolute atomic E-state index is 0.0264. The van der Waals surface area contributed by atoms with Crippen LogP contribution in [0, 0.1) is 0 Å². The van der Waals surface area contributed by atoms with Crippen molar-refractivity contribution in [3.63, 3.8) is 0 Å². The van der Waals surface area contributed by atoms with Crippen LogP contribution >= 0.6 is 34.8 Å². The molecule has 0 N–H and O–H groups in total. The van der Waals surface area contributed by atoms with Gasteiger partial charge in [-0.25, -0.2) is 13.1 Å². The van der Waals surface area contributed by atoms with Crippen LogP contribution in [0.5, 0.6) is 0 Å². The summed E-state index contributed by atoms with van der Waals surface area (Å²) in [6, 6.07) is 5.78. The Morgan fingerprint density at radius 2 is 1.71 bits per heavy atom. The van der Waals surface area contributed by atoms with Crippen LogP contribution in [0.4, 0.5) is 0 Å². The summed E-state index contributed by atoms with van der Waals surface area (Å²) in [7, 11) is -3.55. The Labute approximate surface area is 136 Å². The van der Waals surface area contributed by atoms with Crippen molar-refractivity contribution < 1.29 is 8.42 Å². The first-order chi connectivity index (χ1) is 9.81. The molecule has 0 radical (unpaired) electrons. The molecule has 0 saturated heterocycles. The average molecular weight is 368 g/mol. The predicted octanol–water partition coefficient (Wildman–Crippen LogP) is 2.68. The molecule has 0 atom stereocenters. The van der Waals surface area contributed by atoms with Gasteiger partial charge in [0, 0.05) is 5.02 Å². The summed E-state index contributed by atoms with van der Waals surface area (Å²) in [5.74, 6) is -0.292. The molecule has 5 nitrogen and oxygen atoms in total. The van der Waals surface area contributed by atoms with Gasteiger partial charge in [-0.05, 0) is 24.3 Å². The second-order valence-electron chi connectivity index (χ2n) is 4.11. The van der Waals surface area contributed by atoms with Gasteiger partial charge in [-0.3, -0.25) is 4.79 Å². The van der Waals surface area contributed by atoms with Gasteiger partial charge in [0.1, 0.15) is 5.02 Å². The lowest BCUT2D eigenvalue weighted by atomic mass is 10.4. The second-order valence-corrected chi connectivity index (χ2v) is 7.44.